The molecule has 5 heterocycles. The minimum absolute atomic E-state index is 0.0408. The first kappa shape index (κ1) is 27.6. The quantitative estimate of drug-likeness (QED) is 0.390. The lowest BCUT2D eigenvalue weighted by atomic mass is 9.73. The van der Waals surface area contributed by atoms with Crippen LogP contribution in [0.15, 0.2) is 6.07 Å². The Morgan fingerprint density at radius 1 is 1.14 bits per heavy atom. The summed E-state index contributed by atoms with van der Waals surface area (Å²) >= 11 is 1.54. The molecule has 11 nitrogen and oxygen atoms in total. The largest absolute Gasteiger partial charge is 0.504 e. The van der Waals surface area contributed by atoms with E-state index in [2.05, 4.69) is 22.9 Å². The Bertz CT molecular complexity index is 1510. The van der Waals surface area contributed by atoms with Gasteiger partial charge in [0.15, 0.2) is 23.0 Å². The number of carbonyl (C=O) groups excluding carboxylic acids is 2. The topological polar surface area (TPSA) is 133 Å². The third-order valence-electron chi connectivity index (χ3n) is 9.45. The van der Waals surface area contributed by atoms with Crippen LogP contribution in [-0.2, 0) is 20.7 Å². The number of hydrogen-bond donors (Lipinski definition) is 2. The summed E-state index contributed by atoms with van der Waals surface area (Å²) in [6.45, 7) is 5.98. The maximum atomic E-state index is 12.9. The number of likely N-dealkylation sites (N-methyl/N-ethyl adjacent to an activating group) is 1. The van der Waals surface area contributed by atoms with Gasteiger partial charge in [0, 0.05) is 53.6 Å². The van der Waals surface area contributed by atoms with Crippen molar-refractivity contribution < 1.29 is 38.4 Å². The van der Waals surface area contributed by atoms with E-state index < -0.39 is 24.0 Å². The molecule has 0 radical (unpaired) electrons. The average Bonchev–Trinajstić information content (AvgIpc) is 3.43. The number of ether oxygens (including phenoxy) is 5. The van der Waals surface area contributed by atoms with E-state index in [-0.39, 0.29) is 42.5 Å². The molecule has 5 aliphatic heterocycles. The Kier molecular flexibility index (Phi) is 6.54. The first-order valence-corrected chi connectivity index (χ1v) is 15.2. The molecule has 5 aliphatic rings. The highest BCUT2D eigenvalue weighted by atomic mass is 32.2. The van der Waals surface area contributed by atoms with E-state index in [1.54, 1.807) is 7.11 Å². The minimum Gasteiger partial charge on any atom is -0.504 e. The van der Waals surface area contributed by atoms with Gasteiger partial charge in [-0.1, -0.05) is 6.07 Å². The van der Waals surface area contributed by atoms with Crippen molar-refractivity contribution in [2.75, 3.05) is 39.9 Å². The average molecular weight is 598 g/mol. The number of aromatic hydroxyl groups is 1. The Balaban J connectivity index is 1.52. The molecule has 12 heteroatoms. The van der Waals surface area contributed by atoms with E-state index in [0.717, 1.165) is 34.2 Å². The van der Waals surface area contributed by atoms with Crippen LogP contribution in [0.3, 0.4) is 0 Å². The van der Waals surface area contributed by atoms with Gasteiger partial charge >= 0.3 is 11.9 Å². The summed E-state index contributed by atoms with van der Waals surface area (Å²) in [7, 11) is 3.67. The first-order chi connectivity index (χ1) is 20.1. The normalized spacial score (nSPS) is 29.7. The maximum absolute atomic E-state index is 12.9. The van der Waals surface area contributed by atoms with Crippen LogP contribution in [0.2, 0.25) is 0 Å². The molecule has 7 rings (SSSR count). The molecule has 2 saturated heterocycles. The SMILES string of the molecule is COc1c(C)cc2c(c1O)C1C3[C@@H]4SCC(N)C(=O)OC[C@@H](c5c6c(c(C)c(OC(C)=O)c54)OCO6)N3CC(C2)N1C. The fourth-order valence-electron chi connectivity index (χ4n) is 7.71. The third kappa shape index (κ3) is 3.84. The number of thioether (sulfide) groups is 1. The summed E-state index contributed by atoms with van der Waals surface area (Å²) < 4.78 is 29.5. The summed E-state index contributed by atoms with van der Waals surface area (Å²) in [5.41, 5.74) is 11.4. The Morgan fingerprint density at radius 2 is 1.90 bits per heavy atom. The molecule has 4 bridgehead atoms. The Labute approximate surface area is 248 Å². The highest BCUT2D eigenvalue weighted by Gasteiger charge is 2.57. The third-order valence-corrected chi connectivity index (χ3v) is 10.9. The van der Waals surface area contributed by atoms with Gasteiger partial charge in [-0.2, -0.15) is 0 Å². The van der Waals surface area contributed by atoms with Gasteiger partial charge in [-0.3, -0.25) is 19.4 Å². The van der Waals surface area contributed by atoms with Gasteiger partial charge in [0.2, 0.25) is 6.79 Å². The second-order valence-corrected chi connectivity index (χ2v) is 12.9. The highest BCUT2D eigenvalue weighted by Crippen LogP contribution is 2.63. The number of esters is 2. The number of cyclic esters (lactones) is 1. The summed E-state index contributed by atoms with van der Waals surface area (Å²) in [6, 6.07) is 0.589. The lowest BCUT2D eigenvalue weighted by Crippen LogP contribution is -2.65. The number of carbonyl (C=O) groups is 2. The number of nitrogens with zero attached hydrogens (tertiary/aromatic N) is 2. The molecule has 0 saturated carbocycles. The molecule has 2 fully saturated rings. The number of phenolic OH excluding ortho intramolecular Hbond substituents is 1. The molecule has 224 valence electrons. The number of methoxy groups -OCH3 is 1. The zero-order valence-corrected chi connectivity index (χ0v) is 25.1. The number of aryl methyl sites for hydroxylation is 1. The number of rotatable bonds is 2. The van der Waals surface area contributed by atoms with Crippen LogP contribution in [0.25, 0.3) is 0 Å². The number of hydrogen-bond acceptors (Lipinski definition) is 12. The zero-order valence-electron chi connectivity index (χ0n) is 24.3. The predicted molar refractivity (Wildman–Crippen MR) is 153 cm³/mol. The van der Waals surface area contributed by atoms with Gasteiger partial charge < -0.3 is 34.5 Å². The molecule has 0 spiro atoms. The van der Waals surface area contributed by atoms with E-state index in [0.29, 0.717) is 40.9 Å². The fourth-order valence-corrected chi connectivity index (χ4v) is 9.17. The highest BCUT2D eigenvalue weighted by molar-refractivity contribution is 7.99. The van der Waals surface area contributed by atoms with Crippen LogP contribution in [-0.4, -0.2) is 84.8 Å². The fraction of sp³-hybridized carbons (Fsp3) is 0.533. The Morgan fingerprint density at radius 3 is 2.64 bits per heavy atom. The van der Waals surface area contributed by atoms with Crippen molar-refractivity contribution in [3.8, 4) is 28.7 Å². The number of benzene rings is 2. The van der Waals surface area contributed by atoms with E-state index in [9.17, 15) is 14.7 Å². The first-order valence-electron chi connectivity index (χ1n) is 14.2. The molecule has 2 aromatic rings. The summed E-state index contributed by atoms with van der Waals surface area (Å²) in [6.07, 6.45) is 0.746. The summed E-state index contributed by atoms with van der Waals surface area (Å²) in [4.78, 5) is 30.1. The van der Waals surface area contributed by atoms with Crippen LogP contribution in [0.5, 0.6) is 28.7 Å². The lowest BCUT2D eigenvalue weighted by Gasteiger charge is -2.60. The van der Waals surface area contributed by atoms with Crippen molar-refractivity contribution in [1.82, 2.24) is 9.80 Å². The number of nitrogens with two attached hydrogens (primary N) is 1. The van der Waals surface area contributed by atoms with Crippen LogP contribution in [0, 0.1) is 13.8 Å². The van der Waals surface area contributed by atoms with Gasteiger partial charge in [0.1, 0.15) is 18.4 Å². The van der Waals surface area contributed by atoms with Crippen molar-refractivity contribution in [3.63, 3.8) is 0 Å². The lowest BCUT2D eigenvalue weighted by molar-refractivity contribution is -0.149. The van der Waals surface area contributed by atoms with Crippen molar-refractivity contribution in [3.05, 3.63) is 39.4 Å². The van der Waals surface area contributed by atoms with Gasteiger partial charge in [-0.15, -0.1) is 11.8 Å². The number of phenols is 1. The standard InChI is InChI=1S/C30H35N3O8S/c1-12-6-15-7-16-8-33-18-9-38-30(36)17(31)10-42-29(23(33)22(32(16)4)19(15)24(35)25(12)37-5)21-20(18)28-27(39-11-40-28)13(2)26(21)41-14(3)34/h6,16-18,22-23,29,35H,7-11,31H2,1-5H3/t16?,17?,18-,22?,23?,29+/m0/s1. The van der Waals surface area contributed by atoms with Gasteiger partial charge in [-0.25, -0.2) is 0 Å². The van der Waals surface area contributed by atoms with Crippen molar-refractivity contribution in [2.24, 2.45) is 5.73 Å². The number of piperazine rings is 1. The van der Waals surface area contributed by atoms with Gasteiger partial charge in [0.25, 0.3) is 0 Å². The summed E-state index contributed by atoms with van der Waals surface area (Å²) in [5, 5.41) is 11.4. The van der Waals surface area contributed by atoms with E-state index in [1.165, 1.54) is 18.7 Å². The predicted octanol–water partition coefficient (Wildman–Crippen LogP) is 2.67. The van der Waals surface area contributed by atoms with E-state index >= 15 is 0 Å². The smallest absolute Gasteiger partial charge is 0.323 e. The molecular weight excluding hydrogens is 562 g/mol. The zero-order chi connectivity index (χ0) is 29.6. The van der Waals surface area contributed by atoms with E-state index in [4.69, 9.17) is 29.4 Å². The maximum Gasteiger partial charge on any atom is 0.323 e. The van der Waals surface area contributed by atoms with Crippen molar-refractivity contribution in [2.45, 2.75) is 62.7 Å². The second-order valence-electron chi connectivity index (χ2n) is 11.7. The van der Waals surface area contributed by atoms with Crippen molar-refractivity contribution in [1.29, 1.82) is 0 Å². The minimum atomic E-state index is -0.817. The molecule has 6 atom stereocenters. The molecule has 0 aromatic heterocycles. The summed E-state index contributed by atoms with van der Waals surface area (Å²) in [5.74, 6) is 1.58. The molecule has 2 aromatic carbocycles. The number of fused-ring (bicyclic) bond motifs is 9. The Hall–Kier alpha value is -3.19. The van der Waals surface area contributed by atoms with Gasteiger partial charge in [0.05, 0.1) is 24.4 Å². The molecule has 0 amide bonds. The molecule has 4 unspecified atom stereocenters. The molecule has 42 heavy (non-hydrogen) atoms. The van der Waals surface area contributed by atoms with Crippen LogP contribution >= 0.6 is 11.8 Å². The van der Waals surface area contributed by atoms with E-state index in [1.807, 2.05) is 13.8 Å². The molecule has 0 aliphatic carbocycles. The van der Waals surface area contributed by atoms with Crippen LogP contribution < -0.4 is 24.7 Å². The van der Waals surface area contributed by atoms with Crippen LogP contribution in [0.4, 0.5) is 0 Å². The molecule has 3 N–H and O–H groups in total. The molecular formula is C30H35N3O8S. The van der Waals surface area contributed by atoms with Crippen LogP contribution in [0.1, 0.15) is 57.6 Å². The van der Waals surface area contributed by atoms with Crippen molar-refractivity contribution >= 4 is 23.7 Å². The second kappa shape index (κ2) is 9.94. The monoisotopic (exact) mass is 597 g/mol. The van der Waals surface area contributed by atoms with Gasteiger partial charge in [-0.05, 0) is 38.4 Å².